The van der Waals surface area contributed by atoms with E-state index in [0.29, 0.717) is 36.9 Å². The Morgan fingerprint density at radius 1 is 0.879 bits per heavy atom. The van der Waals surface area contributed by atoms with Crippen molar-refractivity contribution in [1.29, 1.82) is 0 Å². The van der Waals surface area contributed by atoms with E-state index in [0.717, 1.165) is 44.3 Å². The van der Waals surface area contributed by atoms with E-state index in [1.165, 1.54) is 5.56 Å². The molecule has 3 aromatic rings. The zero-order valence-corrected chi connectivity index (χ0v) is 18.9. The van der Waals surface area contributed by atoms with E-state index in [9.17, 15) is 9.59 Å². The maximum absolute atomic E-state index is 13.2. The molecule has 1 fully saturated rings. The van der Waals surface area contributed by atoms with Crippen molar-refractivity contribution in [3.8, 4) is 0 Å². The molecule has 0 unspecified atom stereocenters. The van der Waals surface area contributed by atoms with Crippen molar-refractivity contribution in [2.75, 3.05) is 19.6 Å². The second-order valence-electron chi connectivity index (χ2n) is 9.13. The van der Waals surface area contributed by atoms with Crippen molar-refractivity contribution in [2.45, 2.75) is 38.8 Å². The molecule has 33 heavy (non-hydrogen) atoms. The van der Waals surface area contributed by atoms with Crippen LogP contribution in [-0.4, -0.2) is 51.0 Å². The quantitative estimate of drug-likeness (QED) is 0.600. The molecule has 0 atom stereocenters. The molecule has 0 aliphatic carbocycles. The van der Waals surface area contributed by atoms with Crippen LogP contribution in [0.3, 0.4) is 0 Å². The molecule has 2 aliphatic heterocycles. The average molecular weight is 443 g/mol. The Kier molecular flexibility index (Phi) is 6.24. The molecule has 1 aromatic heterocycles. The number of aromatic nitrogens is 2. The third kappa shape index (κ3) is 4.85. The van der Waals surface area contributed by atoms with Crippen LogP contribution in [-0.2, 0) is 19.5 Å². The Hall–Kier alpha value is -3.41. The zero-order chi connectivity index (χ0) is 22.6. The van der Waals surface area contributed by atoms with Gasteiger partial charge in [0.25, 0.3) is 11.8 Å². The lowest BCUT2D eigenvalue weighted by Gasteiger charge is -2.31. The van der Waals surface area contributed by atoms with E-state index in [1.807, 2.05) is 46.2 Å². The molecule has 6 heteroatoms. The SMILES string of the molecule is O=C(c1cc2n(n1)CCCN(Cc1ccccc1)C2=O)N1CCC(Cc2ccccc2)CC1. The molecule has 0 bridgehead atoms. The number of aryl methyl sites for hydroxylation is 1. The first-order valence-electron chi connectivity index (χ1n) is 11.9. The summed E-state index contributed by atoms with van der Waals surface area (Å²) in [5.41, 5.74) is 3.37. The van der Waals surface area contributed by atoms with Crippen molar-refractivity contribution < 1.29 is 9.59 Å². The summed E-state index contributed by atoms with van der Waals surface area (Å²) < 4.78 is 1.72. The second-order valence-corrected chi connectivity index (χ2v) is 9.13. The molecule has 6 nitrogen and oxygen atoms in total. The Bertz CT molecular complexity index is 1100. The zero-order valence-electron chi connectivity index (χ0n) is 18.9. The van der Waals surface area contributed by atoms with Crippen molar-refractivity contribution in [3.63, 3.8) is 0 Å². The van der Waals surface area contributed by atoms with Crippen LogP contribution in [0.5, 0.6) is 0 Å². The lowest BCUT2D eigenvalue weighted by atomic mass is 9.90. The molecule has 3 heterocycles. The first-order valence-corrected chi connectivity index (χ1v) is 11.9. The summed E-state index contributed by atoms with van der Waals surface area (Å²) >= 11 is 0. The number of fused-ring (bicyclic) bond motifs is 1. The van der Waals surface area contributed by atoms with Crippen LogP contribution >= 0.6 is 0 Å². The number of hydrogen-bond acceptors (Lipinski definition) is 3. The Labute approximate surface area is 194 Å². The number of amides is 2. The highest BCUT2D eigenvalue weighted by molar-refractivity contribution is 5.98. The molecule has 0 radical (unpaired) electrons. The maximum atomic E-state index is 13.2. The molecule has 2 amide bonds. The van der Waals surface area contributed by atoms with Crippen molar-refractivity contribution in [2.24, 2.45) is 5.92 Å². The van der Waals surface area contributed by atoms with Gasteiger partial charge >= 0.3 is 0 Å². The lowest BCUT2D eigenvalue weighted by Crippen LogP contribution is -2.39. The van der Waals surface area contributed by atoms with Crippen LogP contribution in [0.4, 0.5) is 0 Å². The third-order valence-corrected chi connectivity index (χ3v) is 6.79. The normalized spacial score (nSPS) is 17.0. The summed E-state index contributed by atoms with van der Waals surface area (Å²) in [6.45, 7) is 3.40. The highest BCUT2D eigenvalue weighted by atomic mass is 16.2. The summed E-state index contributed by atoms with van der Waals surface area (Å²) in [6.07, 6.45) is 3.88. The van der Waals surface area contributed by atoms with Gasteiger partial charge in [0, 0.05) is 38.8 Å². The summed E-state index contributed by atoms with van der Waals surface area (Å²) in [6, 6.07) is 22.3. The molecule has 2 aliphatic rings. The Balaban J connectivity index is 1.23. The standard InChI is InChI=1S/C27H30N4O2/c32-26(29-16-12-22(13-17-29)18-21-8-3-1-4-9-21)24-19-25-27(33)30(14-7-15-31(25)28-24)20-23-10-5-2-6-11-23/h1-6,8-11,19,22H,7,12-18,20H2. The number of nitrogens with zero attached hydrogens (tertiary/aromatic N) is 4. The number of hydrogen-bond donors (Lipinski definition) is 0. The summed E-state index contributed by atoms with van der Waals surface area (Å²) in [7, 11) is 0. The molecule has 1 saturated heterocycles. The van der Waals surface area contributed by atoms with Crippen LogP contribution in [0, 0.1) is 5.92 Å². The van der Waals surface area contributed by atoms with Crippen LogP contribution in [0.15, 0.2) is 66.7 Å². The fourth-order valence-electron chi connectivity index (χ4n) is 4.94. The summed E-state index contributed by atoms with van der Waals surface area (Å²) in [5.74, 6) is 0.490. The maximum Gasteiger partial charge on any atom is 0.274 e. The van der Waals surface area contributed by atoms with Gasteiger partial charge in [-0.25, -0.2) is 0 Å². The minimum atomic E-state index is -0.0591. The lowest BCUT2D eigenvalue weighted by molar-refractivity contribution is 0.0683. The molecule has 5 rings (SSSR count). The van der Waals surface area contributed by atoms with E-state index in [2.05, 4.69) is 29.4 Å². The Morgan fingerprint density at radius 3 is 2.24 bits per heavy atom. The molecule has 2 aromatic carbocycles. The van der Waals surface area contributed by atoms with Gasteiger partial charge in [0.05, 0.1) is 0 Å². The van der Waals surface area contributed by atoms with Gasteiger partial charge in [-0.3, -0.25) is 14.3 Å². The number of carbonyl (C=O) groups is 2. The van der Waals surface area contributed by atoms with Gasteiger partial charge < -0.3 is 9.80 Å². The fourth-order valence-corrected chi connectivity index (χ4v) is 4.94. The predicted molar refractivity (Wildman–Crippen MR) is 127 cm³/mol. The van der Waals surface area contributed by atoms with Crippen molar-refractivity contribution >= 4 is 11.8 Å². The monoisotopic (exact) mass is 442 g/mol. The molecule has 170 valence electrons. The molecular weight excluding hydrogens is 412 g/mol. The van der Waals surface area contributed by atoms with E-state index in [-0.39, 0.29) is 11.8 Å². The molecule has 0 saturated carbocycles. The third-order valence-electron chi connectivity index (χ3n) is 6.79. The molecule has 0 spiro atoms. The van der Waals surface area contributed by atoms with E-state index >= 15 is 0 Å². The smallest absolute Gasteiger partial charge is 0.274 e. The van der Waals surface area contributed by atoms with Crippen molar-refractivity contribution in [1.82, 2.24) is 19.6 Å². The highest BCUT2D eigenvalue weighted by Crippen LogP contribution is 2.24. The van der Waals surface area contributed by atoms with Crippen molar-refractivity contribution in [3.05, 3.63) is 89.2 Å². The summed E-state index contributed by atoms with van der Waals surface area (Å²) in [5, 5.41) is 4.54. The van der Waals surface area contributed by atoms with Gasteiger partial charge in [-0.05, 0) is 42.7 Å². The minimum Gasteiger partial charge on any atom is -0.337 e. The van der Waals surface area contributed by atoms with Gasteiger partial charge in [-0.2, -0.15) is 5.10 Å². The fraction of sp³-hybridized carbons (Fsp3) is 0.370. The van der Waals surface area contributed by atoms with Gasteiger partial charge in [-0.15, -0.1) is 0 Å². The van der Waals surface area contributed by atoms with Crippen LogP contribution < -0.4 is 0 Å². The number of rotatable bonds is 5. The number of likely N-dealkylation sites (tertiary alicyclic amines) is 1. The van der Waals surface area contributed by atoms with Crippen LogP contribution in [0.25, 0.3) is 0 Å². The van der Waals surface area contributed by atoms with E-state index < -0.39 is 0 Å². The number of piperidine rings is 1. The molecular formula is C27H30N4O2. The minimum absolute atomic E-state index is 0.0514. The number of benzene rings is 2. The predicted octanol–water partition coefficient (Wildman–Crippen LogP) is 4.02. The van der Waals surface area contributed by atoms with Gasteiger partial charge in [0.1, 0.15) is 5.69 Å². The van der Waals surface area contributed by atoms with Crippen LogP contribution in [0.1, 0.15) is 51.4 Å². The Morgan fingerprint density at radius 2 is 1.55 bits per heavy atom. The first-order chi connectivity index (χ1) is 16.2. The van der Waals surface area contributed by atoms with E-state index in [1.54, 1.807) is 10.7 Å². The van der Waals surface area contributed by atoms with Gasteiger partial charge in [0.2, 0.25) is 0 Å². The molecule has 0 N–H and O–H groups in total. The average Bonchev–Trinajstić information content (AvgIpc) is 3.23. The first kappa shape index (κ1) is 21.4. The second kappa shape index (κ2) is 9.61. The topological polar surface area (TPSA) is 58.4 Å². The highest BCUT2D eigenvalue weighted by Gasteiger charge is 2.29. The van der Waals surface area contributed by atoms with Gasteiger partial charge in [0.15, 0.2) is 5.69 Å². The van der Waals surface area contributed by atoms with Crippen LogP contribution in [0.2, 0.25) is 0 Å². The largest absolute Gasteiger partial charge is 0.337 e. The van der Waals surface area contributed by atoms with Gasteiger partial charge in [-0.1, -0.05) is 60.7 Å². The van der Waals surface area contributed by atoms with E-state index in [4.69, 9.17) is 0 Å². The number of carbonyl (C=O) groups excluding carboxylic acids is 2. The summed E-state index contributed by atoms with van der Waals surface area (Å²) in [4.78, 5) is 30.1.